The Morgan fingerprint density at radius 1 is 1.18 bits per heavy atom. The molecule has 0 aliphatic rings. The summed E-state index contributed by atoms with van der Waals surface area (Å²) in [7, 11) is 1.52. The van der Waals surface area contributed by atoms with Gasteiger partial charge in [0, 0.05) is 0 Å². The molecule has 0 spiro atoms. The van der Waals surface area contributed by atoms with E-state index in [0.29, 0.717) is 0 Å². The number of hydrogen-bond donors (Lipinski definition) is 3. The molecule has 8 nitrogen and oxygen atoms in total. The number of carbonyl (C=O) groups excluding carboxylic acids is 3. The van der Waals surface area contributed by atoms with Gasteiger partial charge in [0.1, 0.15) is 0 Å². The molecule has 0 aliphatic heterocycles. The first-order valence-electron chi connectivity index (χ1n) is 7.92. The van der Waals surface area contributed by atoms with Crippen LogP contribution < -0.4 is 10.6 Å². The number of rotatable bonds is 7. The topological polar surface area (TPSA) is 122 Å². The van der Waals surface area contributed by atoms with Gasteiger partial charge in [-0.25, -0.2) is 4.79 Å². The molecule has 0 radical (unpaired) electrons. The zero-order valence-corrected chi connectivity index (χ0v) is 18.5. The Kier molecular flexibility index (Phi) is 12.5. The molecular formula is C16H26AsF3N2O6. The van der Waals surface area contributed by atoms with E-state index in [0.717, 1.165) is 16.9 Å². The van der Waals surface area contributed by atoms with Crippen molar-refractivity contribution in [3.8, 4) is 0 Å². The van der Waals surface area contributed by atoms with Crippen LogP contribution in [0.3, 0.4) is 0 Å². The van der Waals surface area contributed by atoms with Crippen LogP contribution in [0.2, 0.25) is 4.71 Å². The summed E-state index contributed by atoms with van der Waals surface area (Å²) in [5, 5.41) is 12.4. The summed E-state index contributed by atoms with van der Waals surface area (Å²) in [4.78, 5) is 44.3. The van der Waals surface area contributed by atoms with Crippen LogP contribution in [-0.2, 0) is 23.9 Å². The van der Waals surface area contributed by atoms with E-state index in [1.165, 1.54) is 13.1 Å². The first-order chi connectivity index (χ1) is 12.6. The van der Waals surface area contributed by atoms with Crippen LogP contribution in [-0.4, -0.2) is 71.6 Å². The van der Waals surface area contributed by atoms with Crippen molar-refractivity contribution in [1.29, 1.82) is 0 Å². The third kappa shape index (κ3) is 12.4. The molecule has 0 aromatic heterocycles. The molecule has 3 N–H and O–H groups in total. The molecule has 1 unspecified atom stereocenters. The Hall–Kier alpha value is -2.03. The van der Waals surface area contributed by atoms with Gasteiger partial charge in [-0.3, -0.25) is 0 Å². The summed E-state index contributed by atoms with van der Waals surface area (Å²) >= 11 is 1.11. The van der Waals surface area contributed by atoms with Crippen molar-refractivity contribution in [3.05, 3.63) is 12.7 Å². The van der Waals surface area contributed by atoms with Crippen LogP contribution in [0.4, 0.5) is 13.2 Å². The largest absolute Gasteiger partial charge is 0.490 e. The predicted molar refractivity (Wildman–Crippen MR) is 97.2 cm³/mol. The fourth-order valence-corrected chi connectivity index (χ4v) is 2.16. The number of alkyl halides is 3. The number of esters is 1. The summed E-state index contributed by atoms with van der Waals surface area (Å²) in [6, 6.07) is -0.655. The Bertz CT molecular complexity index is 576. The molecule has 0 heterocycles. The van der Waals surface area contributed by atoms with Crippen LogP contribution in [0, 0.1) is 5.41 Å². The Morgan fingerprint density at radius 2 is 1.64 bits per heavy atom. The Labute approximate surface area is 169 Å². The number of carboxylic acid groups (broad SMARTS) is 1. The summed E-state index contributed by atoms with van der Waals surface area (Å²) in [6.07, 6.45) is -3.63. The number of nitrogens with one attached hydrogen (secondary N) is 2. The smallest absolute Gasteiger partial charge is 0.475 e. The van der Waals surface area contributed by atoms with Crippen LogP contribution in [0.15, 0.2) is 12.7 Å². The first kappa shape index (κ1) is 28.2. The van der Waals surface area contributed by atoms with Crippen LogP contribution >= 0.6 is 0 Å². The second-order valence-electron chi connectivity index (χ2n) is 6.51. The first-order valence-corrected chi connectivity index (χ1v) is 9.31. The predicted octanol–water partition coefficient (Wildman–Crippen LogP) is 0.437. The minimum Gasteiger partial charge on any atom is -0.475 e. The second kappa shape index (κ2) is 12.4. The van der Waals surface area contributed by atoms with Gasteiger partial charge in [0.05, 0.1) is 0 Å². The van der Waals surface area contributed by atoms with Crippen molar-refractivity contribution < 1.29 is 42.2 Å². The Balaban J connectivity index is 0. The molecule has 0 rings (SSSR count). The summed E-state index contributed by atoms with van der Waals surface area (Å²) in [6.45, 7) is 9.16. The van der Waals surface area contributed by atoms with E-state index in [2.05, 4.69) is 17.2 Å². The quantitative estimate of drug-likeness (QED) is 0.280. The number of amides is 2. The average molecular weight is 474 g/mol. The molecule has 3 atom stereocenters. The molecule has 0 saturated heterocycles. The number of carbonyl (C=O) groups is 4. The van der Waals surface area contributed by atoms with E-state index in [1.54, 1.807) is 0 Å². The maximum Gasteiger partial charge on any atom is 0.490 e. The van der Waals surface area contributed by atoms with E-state index >= 15 is 0 Å². The van der Waals surface area contributed by atoms with Crippen molar-refractivity contribution in [2.45, 2.75) is 44.1 Å². The number of likely N-dealkylation sites (N-methyl/N-ethyl adjacent to an activating group) is 1. The van der Waals surface area contributed by atoms with Crippen molar-refractivity contribution >= 4 is 40.6 Å². The van der Waals surface area contributed by atoms with Crippen molar-refractivity contribution in [3.63, 3.8) is 0 Å². The van der Waals surface area contributed by atoms with Crippen molar-refractivity contribution in [2.75, 3.05) is 13.7 Å². The zero-order chi connectivity index (χ0) is 22.7. The van der Waals surface area contributed by atoms with Gasteiger partial charge in [-0.05, 0) is 0 Å². The zero-order valence-electron chi connectivity index (χ0n) is 16.1. The summed E-state index contributed by atoms with van der Waals surface area (Å²) in [5.41, 5.74) is -0.425. The number of ether oxygens (including phenoxy) is 1. The standard InChI is InChI=1S/C14H25AsN2O4.C2HF3O2/c1-6-7-21-10(18)8-9(15)12(19)17-11(13(20)16-5)14(2,3)4;3-2(4,5)1(6)7/h6,9,11H,1,7-8,15H2,2-5H3,(H,16,20)(H,17,19);(H,6,7)/t9-,11-;/m1./s1. The SMILES string of the molecule is C=CCOC(=O)C[C@@H]([AsH2])C(=O)N[C@H](C(=O)NC)C(C)(C)C.O=C(O)C(F)(F)F. The maximum absolute atomic E-state index is 12.1. The van der Waals surface area contributed by atoms with Crippen LogP contribution in [0.25, 0.3) is 0 Å². The molecule has 162 valence electrons. The average Bonchev–Trinajstić information content (AvgIpc) is 2.55. The fraction of sp³-hybridized carbons (Fsp3) is 0.625. The third-order valence-corrected chi connectivity index (χ3v) is 4.12. The maximum atomic E-state index is 12.1. The molecule has 0 saturated carbocycles. The molecule has 0 aliphatic carbocycles. The van der Waals surface area contributed by atoms with Gasteiger partial charge < -0.3 is 5.11 Å². The van der Waals surface area contributed by atoms with E-state index in [-0.39, 0.29) is 24.8 Å². The van der Waals surface area contributed by atoms with Crippen molar-refractivity contribution in [1.82, 2.24) is 10.6 Å². The Morgan fingerprint density at radius 3 is 1.96 bits per heavy atom. The molecule has 2 amide bonds. The van der Waals surface area contributed by atoms with Crippen LogP contribution in [0.1, 0.15) is 27.2 Å². The number of aliphatic carboxylic acids is 1. The fourth-order valence-electron chi connectivity index (χ4n) is 1.55. The van der Waals surface area contributed by atoms with Gasteiger partial charge in [0.25, 0.3) is 0 Å². The number of halogens is 3. The summed E-state index contributed by atoms with van der Waals surface area (Å²) < 4.78 is 36.1. The molecule has 0 aromatic rings. The second-order valence-corrected chi connectivity index (χ2v) is 8.20. The van der Waals surface area contributed by atoms with E-state index in [9.17, 15) is 27.6 Å². The van der Waals surface area contributed by atoms with Gasteiger partial charge >= 0.3 is 146 Å². The van der Waals surface area contributed by atoms with Gasteiger partial charge in [-0.2, -0.15) is 13.2 Å². The van der Waals surface area contributed by atoms with Crippen molar-refractivity contribution in [2.24, 2.45) is 5.41 Å². The molecule has 0 fully saturated rings. The van der Waals surface area contributed by atoms with Crippen LogP contribution in [0.5, 0.6) is 0 Å². The summed E-state index contributed by atoms with van der Waals surface area (Å²) in [5.74, 6) is -3.79. The monoisotopic (exact) mass is 474 g/mol. The van der Waals surface area contributed by atoms with E-state index < -0.39 is 34.3 Å². The molecule has 0 aromatic carbocycles. The minimum atomic E-state index is -5.08. The molecule has 12 heteroatoms. The van der Waals surface area contributed by atoms with Gasteiger partial charge in [-0.1, -0.05) is 0 Å². The number of carboxylic acids is 1. The van der Waals surface area contributed by atoms with Gasteiger partial charge in [0.15, 0.2) is 0 Å². The van der Waals surface area contributed by atoms with E-state index in [4.69, 9.17) is 14.6 Å². The van der Waals surface area contributed by atoms with E-state index in [1.807, 2.05) is 20.8 Å². The van der Waals surface area contributed by atoms with Gasteiger partial charge in [0.2, 0.25) is 0 Å². The third-order valence-electron chi connectivity index (χ3n) is 2.99. The molecule has 28 heavy (non-hydrogen) atoms. The molecular weight excluding hydrogens is 448 g/mol. The number of hydrogen-bond acceptors (Lipinski definition) is 5. The normalized spacial score (nSPS) is 13.1. The molecule has 0 bridgehead atoms. The minimum absolute atomic E-state index is 0.00964. The van der Waals surface area contributed by atoms with Gasteiger partial charge in [-0.15, -0.1) is 0 Å².